The molecule has 0 fully saturated rings. The lowest BCUT2D eigenvalue weighted by atomic mass is 10.1. The molecule has 222 valence electrons. The molecule has 0 unspecified atom stereocenters. The summed E-state index contributed by atoms with van der Waals surface area (Å²) in [7, 11) is 0. The standard InChI is InChI=1S/C28H29N9O6/c29-22-21-23(37-28(30)36-22)33-14-17(34-21)13-32-16-10-8-15(9-11-16)24(38)35-20(27(42)43)7-3-4-12-31-25(39)18-5-1-2-6-19(18)26(40)41/h1-2,5-6,8-11,14,20,32H,3-4,7,12-13H2,(H,31,39)(H,35,38)(H,40,41)(H,42,43)(H4,29,30,33,36,37)/t20-/m0/s1. The molecular formula is C28H29N9O6. The van der Waals surface area contributed by atoms with Crippen molar-refractivity contribution in [1.82, 2.24) is 30.6 Å². The Hall–Kier alpha value is -5.86. The monoisotopic (exact) mass is 587 g/mol. The van der Waals surface area contributed by atoms with Crippen LogP contribution in [0.1, 0.15) is 56.0 Å². The van der Waals surface area contributed by atoms with Crippen LogP contribution in [0, 0.1) is 0 Å². The predicted molar refractivity (Wildman–Crippen MR) is 156 cm³/mol. The van der Waals surface area contributed by atoms with Crippen LogP contribution in [0.15, 0.2) is 54.7 Å². The molecule has 2 heterocycles. The fourth-order valence-electron chi connectivity index (χ4n) is 4.14. The minimum Gasteiger partial charge on any atom is -0.480 e. The second-order valence-electron chi connectivity index (χ2n) is 9.40. The number of hydrogen-bond acceptors (Lipinski definition) is 11. The average molecular weight is 588 g/mol. The Bertz CT molecular complexity index is 1660. The molecule has 0 aliphatic heterocycles. The third-order valence-electron chi connectivity index (χ3n) is 6.33. The van der Waals surface area contributed by atoms with Crippen molar-refractivity contribution in [2.75, 3.05) is 23.3 Å². The highest BCUT2D eigenvalue weighted by molar-refractivity contribution is 6.04. The zero-order chi connectivity index (χ0) is 30.9. The van der Waals surface area contributed by atoms with E-state index in [0.29, 0.717) is 36.3 Å². The van der Waals surface area contributed by atoms with Gasteiger partial charge in [-0.15, -0.1) is 0 Å². The fourth-order valence-corrected chi connectivity index (χ4v) is 4.14. The number of aromatic carboxylic acids is 1. The van der Waals surface area contributed by atoms with Gasteiger partial charge in [0, 0.05) is 17.8 Å². The van der Waals surface area contributed by atoms with Crippen molar-refractivity contribution in [3.63, 3.8) is 0 Å². The van der Waals surface area contributed by atoms with Gasteiger partial charge in [0.05, 0.1) is 29.6 Å². The summed E-state index contributed by atoms with van der Waals surface area (Å²) in [5.74, 6) is -3.34. The first-order valence-electron chi connectivity index (χ1n) is 13.1. The number of unbranched alkanes of at least 4 members (excludes halogenated alkanes) is 1. The number of nitrogens with one attached hydrogen (secondary N) is 3. The van der Waals surface area contributed by atoms with Crippen LogP contribution >= 0.6 is 0 Å². The van der Waals surface area contributed by atoms with E-state index in [2.05, 4.69) is 35.9 Å². The first-order valence-corrected chi connectivity index (χ1v) is 13.1. The van der Waals surface area contributed by atoms with Gasteiger partial charge in [0.2, 0.25) is 5.95 Å². The number of nitrogens with two attached hydrogens (primary N) is 2. The number of carbonyl (C=O) groups is 4. The maximum absolute atomic E-state index is 12.7. The van der Waals surface area contributed by atoms with Gasteiger partial charge in [-0.05, 0) is 55.7 Å². The summed E-state index contributed by atoms with van der Waals surface area (Å²) in [5, 5.41) is 27.1. The fraction of sp³-hybridized carbons (Fsp3) is 0.214. The van der Waals surface area contributed by atoms with Gasteiger partial charge in [0.25, 0.3) is 11.8 Å². The molecule has 15 heteroatoms. The van der Waals surface area contributed by atoms with Crippen LogP contribution in [-0.4, -0.2) is 66.5 Å². The number of anilines is 3. The summed E-state index contributed by atoms with van der Waals surface area (Å²) in [6.07, 6.45) is 2.48. The number of rotatable bonds is 13. The lowest BCUT2D eigenvalue weighted by molar-refractivity contribution is -0.139. The lowest BCUT2D eigenvalue weighted by Gasteiger charge is -2.15. The number of nitrogen functional groups attached to an aromatic ring is 2. The van der Waals surface area contributed by atoms with Crippen LogP contribution in [0.4, 0.5) is 17.5 Å². The largest absolute Gasteiger partial charge is 0.480 e. The number of aliphatic carboxylic acids is 1. The Balaban J connectivity index is 1.24. The number of amides is 2. The van der Waals surface area contributed by atoms with Gasteiger partial charge in [-0.3, -0.25) is 9.59 Å². The normalized spacial score (nSPS) is 11.4. The van der Waals surface area contributed by atoms with E-state index in [1.165, 1.54) is 24.4 Å². The SMILES string of the molecule is Nc1nc(N)c2nc(CNc3ccc(C(=O)N[C@@H](CCCCNC(=O)c4ccccc4C(=O)O)C(=O)O)cc3)cnc2n1. The number of carboxylic acids is 2. The molecule has 0 aliphatic carbocycles. The van der Waals surface area contributed by atoms with E-state index < -0.39 is 29.8 Å². The van der Waals surface area contributed by atoms with Crippen molar-refractivity contribution in [3.8, 4) is 0 Å². The molecule has 0 radical (unpaired) electrons. The second-order valence-corrected chi connectivity index (χ2v) is 9.40. The Kier molecular flexibility index (Phi) is 9.57. The van der Waals surface area contributed by atoms with E-state index in [9.17, 15) is 29.4 Å². The Labute approximate surface area is 244 Å². The Morgan fingerprint density at radius 1 is 0.860 bits per heavy atom. The van der Waals surface area contributed by atoms with E-state index in [4.69, 9.17) is 11.5 Å². The number of fused-ring (bicyclic) bond motifs is 1. The highest BCUT2D eigenvalue weighted by Gasteiger charge is 2.21. The van der Waals surface area contributed by atoms with E-state index in [1.807, 2.05) is 0 Å². The molecule has 1 atom stereocenters. The number of nitrogens with zero attached hydrogens (tertiary/aromatic N) is 4. The van der Waals surface area contributed by atoms with Crippen molar-refractivity contribution < 1.29 is 29.4 Å². The van der Waals surface area contributed by atoms with E-state index in [-0.39, 0.29) is 47.1 Å². The average Bonchev–Trinajstić information content (AvgIpc) is 2.99. The summed E-state index contributed by atoms with van der Waals surface area (Å²) >= 11 is 0. The topological polar surface area (TPSA) is 248 Å². The Morgan fingerprint density at radius 3 is 2.28 bits per heavy atom. The quantitative estimate of drug-likeness (QED) is 0.110. The highest BCUT2D eigenvalue weighted by atomic mass is 16.4. The van der Waals surface area contributed by atoms with Gasteiger partial charge in [-0.1, -0.05) is 12.1 Å². The van der Waals surface area contributed by atoms with Gasteiger partial charge in [0.15, 0.2) is 17.0 Å². The van der Waals surface area contributed by atoms with E-state index in [1.54, 1.807) is 30.3 Å². The molecule has 2 aromatic heterocycles. The van der Waals surface area contributed by atoms with Crippen molar-refractivity contribution in [3.05, 3.63) is 77.1 Å². The van der Waals surface area contributed by atoms with Crippen LogP contribution in [0.25, 0.3) is 11.2 Å². The summed E-state index contributed by atoms with van der Waals surface area (Å²) < 4.78 is 0. The van der Waals surface area contributed by atoms with Gasteiger partial charge in [-0.25, -0.2) is 19.6 Å². The number of aromatic nitrogens is 4. The molecular weight excluding hydrogens is 558 g/mol. The van der Waals surface area contributed by atoms with Crippen molar-refractivity contribution >= 4 is 52.4 Å². The van der Waals surface area contributed by atoms with Gasteiger partial charge in [0.1, 0.15) is 6.04 Å². The molecule has 0 saturated carbocycles. The third kappa shape index (κ3) is 7.87. The molecule has 0 spiro atoms. The molecule has 4 aromatic rings. The maximum Gasteiger partial charge on any atom is 0.336 e. The maximum atomic E-state index is 12.7. The molecule has 43 heavy (non-hydrogen) atoms. The first kappa shape index (κ1) is 30.1. The van der Waals surface area contributed by atoms with E-state index in [0.717, 1.165) is 0 Å². The third-order valence-corrected chi connectivity index (χ3v) is 6.33. The number of benzene rings is 2. The summed E-state index contributed by atoms with van der Waals surface area (Å²) in [5.41, 5.74) is 13.5. The van der Waals surface area contributed by atoms with Crippen LogP contribution in [0.3, 0.4) is 0 Å². The van der Waals surface area contributed by atoms with Crippen LogP contribution < -0.4 is 27.4 Å². The highest BCUT2D eigenvalue weighted by Crippen LogP contribution is 2.16. The minimum absolute atomic E-state index is 0.00692. The van der Waals surface area contributed by atoms with Crippen molar-refractivity contribution in [2.45, 2.75) is 31.8 Å². The van der Waals surface area contributed by atoms with Crippen LogP contribution in [-0.2, 0) is 11.3 Å². The van der Waals surface area contributed by atoms with Gasteiger partial charge >= 0.3 is 11.9 Å². The summed E-state index contributed by atoms with van der Waals surface area (Å²) in [4.78, 5) is 64.5. The first-order chi connectivity index (χ1) is 20.6. The Morgan fingerprint density at radius 2 is 1.58 bits per heavy atom. The molecule has 15 nitrogen and oxygen atoms in total. The summed E-state index contributed by atoms with van der Waals surface area (Å²) in [6.45, 7) is 0.508. The number of carboxylic acid groups (broad SMARTS) is 2. The zero-order valence-electron chi connectivity index (χ0n) is 22.8. The van der Waals surface area contributed by atoms with Crippen molar-refractivity contribution in [2.24, 2.45) is 0 Å². The second kappa shape index (κ2) is 13.7. The molecule has 0 aliphatic rings. The molecule has 4 rings (SSSR count). The van der Waals surface area contributed by atoms with Crippen LogP contribution in [0.2, 0.25) is 0 Å². The zero-order valence-corrected chi connectivity index (χ0v) is 22.8. The predicted octanol–water partition coefficient (Wildman–Crippen LogP) is 1.68. The number of carbonyl (C=O) groups excluding carboxylic acids is 2. The minimum atomic E-state index is -1.21. The van der Waals surface area contributed by atoms with E-state index >= 15 is 0 Å². The smallest absolute Gasteiger partial charge is 0.336 e. The summed E-state index contributed by atoms with van der Waals surface area (Å²) in [6, 6.07) is 11.2. The molecule has 2 aromatic carbocycles. The van der Waals surface area contributed by atoms with Gasteiger partial charge in [-0.2, -0.15) is 9.97 Å². The number of hydrogen-bond donors (Lipinski definition) is 7. The lowest BCUT2D eigenvalue weighted by Crippen LogP contribution is -2.40. The molecule has 2 amide bonds. The molecule has 0 bridgehead atoms. The van der Waals surface area contributed by atoms with Crippen LogP contribution in [0.5, 0.6) is 0 Å². The molecule has 9 N–H and O–H groups in total. The molecule has 0 saturated heterocycles. The van der Waals surface area contributed by atoms with Gasteiger partial charge < -0.3 is 37.6 Å². The van der Waals surface area contributed by atoms with Crippen molar-refractivity contribution in [1.29, 1.82) is 0 Å².